The molecule has 2 aliphatic rings. The SMILES string of the molecule is N=C/C=C(\c1ccc[nH]1)N1CCN(C(=O)C2CC2)CC1. The lowest BCUT2D eigenvalue weighted by Crippen LogP contribution is -2.48. The van der Waals surface area contributed by atoms with Crippen molar-refractivity contribution in [2.45, 2.75) is 12.8 Å². The van der Waals surface area contributed by atoms with Crippen LogP contribution in [0.1, 0.15) is 18.5 Å². The van der Waals surface area contributed by atoms with Gasteiger partial charge in [0.15, 0.2) is 0 Å². The number of carbonyl (C=O) groups excluding carboxylic acids is 1. The molecule has 1 saturated carbocycles. The highest BCUT2D eigenvalue weighted by atomic mass is 16.2. The maximum absolute atomic E-state index is 12.0. The van der Waals surface area contributed by atoms with Gasteiger partial charge in [0, 0.05) is 44.5 Å². The molecule has 0 bridgehead atoms. The monoisotopic (exact) mass is 272 g/mol. The van der Waals surface area contributed by atoms with E-state index in [1.165, 1.54) is 6.21 Å². The van der Waals surface area contributed by atoms with Crippen LogP contribution >= 0.6 is 0 Å². The van der Waals surface area contributed by atoms with E-state index < -0.39 is 0 Å². The van der Waals surface area contributed by atoms with Crippen molar-refractivity contribution in [3.8, 4) is 0 Å². The minimum absolute atomic E-state index is 0.307. The molecule has 1 aromatic heterocycles. The van der Waals surface area contributed by atoms with Crippen LogP contribution in [0.25, 0.3) is 5.70 Å². The zero-order valence-electron chi connectivity index (χ0n) is 11.5. The molecular formula is C15H20N4O. The highest BCUT2D eigenvalue weighted by Crippen LogP contribution is 2.31. The van der Waals surface area contributed by atoms with Crippen LogP contribution in [0.2, 0.25) is 0 Å². The van der Waals surface area contributed by atoms with Gasteiger partial charge in [0.25, 0.3) is 0 Å². The summed E-state index contributed by atoms with van der Waals surface area (Å²) >= 11 is 0. The maximum atomic E-state index is 12.0. The molecule has 5 heteroatoms. The van der Waals surface area contributed by atoms with Gasteiger partial charge in [-0.3, -0.25) is 4.79 Å². The number of piperazine rings is 1. The average molecular weight is 272 g/mol. The summed E-state index contributed by atoms with van der Waals surface area (Å²) in [5.41, 5.74) is 2.05. The van der Waals surface area contributed by atoms with Crippen molar-refractivity contribution in [1.29, 1.82) is 5.41 Å². The third kappa shape index (κ3) is 2.61. The van der Waals surface area contributed by atoms with E-state index in [2.05, 4.69) is 9.88 Å². The van der Waals surface area contributed by atoms with E-state index in [4.69, 9.17) is 5.41 Å². The fourth-order valence-corrected chi connectivity index (χ4v) is 2.69. The average Bonchev–Trinajstić information content (AvgIpc) is 3.20. The molecular weight excluding hydrogens is 252 g/mol. The third-order valence-corrected chi connectivity index (χ3v) is 3.97. The summed E-state index contributed by atoms with van der Waals surface area (Å²) < 4.78 is 0. The van der Waals surface area contributed by atoms with Gasteiger partial charge < -0.3 is 20.2 Å². The number of amides is 1. The number of nitrogens with one attached hydrogen (secondary N) is 2. The first-order valence-corrected chi connectivity index (χ1v) is 7.18. The summed E-state index contributed by atoms with van der Waals surface area (Å²) in [5, 5.41) is 7.32. The Labute approximate surface area is 118 Å². The molecule has 0 spiro atoms. The normalized spacial score (nSPS) is 20.1. The Morgan fingerprint density at radius 2 is 1.95 bits per heavy atom. The molecule has 1 amide bonds. The number of aromatic nitrogens is 1. The molecule has 1 aliphatic heterocycles. The fraction of sp³-hybridized carbons (Fsp3) is 0.467. The highest BCUT2D eigenvalue weighted by molar-refractivity contribution is 5.82. The van der Waals surface area contributed by atoms with Crippen LogP contribution in [0.3, 0.4) is 0 Å². The molecule has 0 aromatic carbocycles. The lowest BCUT2D eigenvalue weighted by atomic mass is 10.2. The van der Waals surface area contributed by atoms with Crippen LogP contribution in [0.15, 0.2) is 24.4 Å². The summed E-state index contributed by atoms with van der Waals surface area (Å²) in [6.45, 7) is 3.23. The summed E-state index contributed by atoms with van der Waals surface area (Å²) in [7, 11) is 0. The van der Waals surface area contributed by atoms with Crippen molar-refractivity contribution in [2.24, 2.45) is 5.92 Å². The molecule has 106 valence electrons. The van der Waals surface area contributed by atoms with Crippen molar-refractivity contribution in [1.82, 2.24) is 14.8 Å². The van der Waals surface area contributed by atoms with E-state index in [9.17, 15) is 4.79 Å². The summed E-state index contributed by atoms with van der Waals surface area (Å²) in [6.07, 6.45) is 7.16. The molecule has 0 atom stereocenters. The number of hydrogen-bond acceptors (Lipinski definition) is 3. The van der Waals surface area contributed by atoms with Gasteiger partial charge in [0.2, 0.25) is 5.91 Å². The Balaban J connectivity index is 1.65. The molecule has 5 nitrogen and oxygen atoms in total. The smallest absolute Gasteiger partial charge is 0.225 e. The van der Waals surface area contributed by atoms with Gasteiger partial charge in [0.05, 0.1) is 11.4 Å². The van der Waals surface area contributed by atoms with Crippen LogP contribution in [0.5, 0.6) is 0 Å². The van der Waals surface area contributed by atoms with Crippen LogP contribution in [-0.4, -0.2) is 53.1 Å². The van der Waals surface area contributed by atoms with Crippen molar-refractivity contribution in [3.63, 3.8) is 0 Å². The Bertz CT molecular complexity index is 508. The predicted octanol–water partition coefficient (Wildman–Crippen LogP) is 1.56. The molecule has 20 heavy (non-hydrogen) atoms. The summed E-state index contributed by atoms with van der Waals surface area (Å²) in [4.78, 5) is 19.5. The van der Waals surface area contributed by atoms with Crippen LogP contribution < -0.4 is 0 Å². The summed E-state index contributed by atoms with van der Waals surface area (Å²) in [5.74, 6) is 0.642. The number of allylic oxidation sites excluding steroid dienone is 1. The van der Waals surface area contributed by atoms with Crippen molar-refractivity contribution >= 4 is 17.8 Å². The number of hydrogen-bond donors (Lipinski definition) is 2. The topological polar surface area (TPSA) is 63.2 Å². The zero-order chi connectivity index (χ0) is 13.9. The number of carbonyl (C=O) groups is 1. The van der Waals surface area contributed by atoms with Gasteiger partial charge >= 0.3 is 0 Å². The standard InChI is InChI=1S/C15H20N4O/c16-6-5-14(13-2-1-7-17-13)18-8-10-19(11-9-18)15(20)12-3-4-12/h1-2,5-7,12,16-17H,3-4,8-11H2/b14-5+,16-6?. The molecule has 3 rings (SSSR count). The molecule has 1 aromatic rings. The van der Waals surface area contributed by atoms with Gasteiger partial charge in [0.1, 0.15) is 0 Å². The van der Waals surface area contributed by atoms with Gasteiger partial charge in [-0.05, 0) is 31.1 Å². The predicted molar refractivity (Wildman–Crippen MR) is 78.4 cm³/mol. The van der Waals surface area contributed by atoms with Crippen LogP contribution in [-0.2, 0) is 4.79 Å². The number of nitrogens with zero attached hydrogens (tertiary/aromatic N) is 2. The Morgan fingerprint density at radius 1 is 1.25 bits per heavy atom. The molecule has 2 N–H and O–H groups in total. The van der Waals surface area contributed by atoms with Crippen LogP contribution in [0.4, 0.5) is 0 Å². The molecule has 1 aliphatic carbocycles. The zero-order valence-corrected chi connectivity index (χ0v) is 11.5. The van der Waals surface area contributed by atoms with Gasteiger partial charge in [-0.2, -0.15) is 0 Å². The first-order chi connectivity index (χ1) is 9.79. The number of rotatable bonds is 4. The van der Waals surface area contributed by atoms with Crippen LogP contribution in [0, 0.1) is 11.3 Å². The van der Waals surface area contributed by atoms with Gasteiger partial charge in [-0.15, -0.1) is 0 Å². The molecule has 1 saturated heterocycles. The van der Waals surface area contributed by atoms with Gasteiger partial charge in [-0.25, -0.2) is 0 Å². The third-order valence-electron chi connectivity index (χ3n) is 3.97. The van der Waals surface area contributed by atoms with Crippen molar-refractivity contribution in [3.05, 3.63) is 30.1 Å². The van der Waals surface area contributed by atoms with Crippen molar-refractivity contribution < 1.29 is 4.79 Å². The minimum atomic E-state index is 0.307. The first kappa shape index (κ1) is 13.0. The summed E-state index contributed by atoms with van der Waals surface area (Å²) in [6, 6.07) is 3.97. The maximum Gasteiger partial charge on any atom is 0.225 e. The van der Waals surface area contributed by atoms with E-state index >= 15 is 0 Å². The molecule has 0 radical (unpaired) electrons. The number of aromatic amines is 1. The Hall–Kier alpha value is -2.04. The second-order valence-corrected chi connectivity index (χ2v) is 5.39. The molecule has 2 fully saturated rings. The van der Waals surface area contributed by atoms with E-state index in [0.29, 0.717) is 11.8 Å². The van der Waals surface area contributed by atoms with Gasteiger partial charge in [-0.1, -0.05) is 0 Å². The lowest BCUT2D eigenvalue weighted by Gasteiger charge is -2.37. The second kappa shape index (κ2) is 5.53. The van der Waals surface area contributed by atoms with E-state index in [-0.39, 0.29) is 0 Å². The second-order valence-electron chi connectivity index (χ2n) is 5.39. The Morgan fingerprint density at radius 3 is 2.50 bits per heavy atom. The van der Waals surface area contributed by atoms with E-state index in [1.807, 2.05) is 29.3 Å². The van der Waals surface area contributed by atoms with E-state index in [1.54, 1.807) is 0 Å². The molecule has 2 heterocycles. The first-order valence-electron chi connectivity index (χ1n) is 7.18. The van der Waals surface area contributed by atoms with Crippen molar-refractivity contribution in [2.75, 3.05) is 26.2 Å². The largest absolute Gasteiger partial charge is 0.366 e. The van der Waals surface area contributed by atoms with E-state index in [0.717, 1.165) is 50.4 Å². The Kier molecular flexibility index (Phi) is 3.58. The minimum Gasteiger partial charge on any atom is -0.366 e. The lowest BCUT2D eigenvalue weighted by molar-refractivity contribution is -0.133. The quantitative estimate of drug-likeness (QED) is 0.817. The molecule has 0 unspecified atom stereocenters. The highest BCUT2D eigenvalue weighted by Gasteiger charge is 2.34. The fourth-order valence-electron chi connectivity index (χ4n) is 2.69. The number of H-pyrrole nitrogens is 1.